The average molecular weight is 313 g/mol. The highest BCUT2D eigenvalue weighted by Gasteiger charge is 2.15. The van der Waals surface area contributed by atoms with Gasteiger partial charge in [-0.15, -0.1) is 0 Å². The van der Waals surface area contributed by atoms with Gasteiger partial charge in [-0.1, -0.05) is 11.8 Å². The molecule has 0 saturated heterocycles. The van der Waals surface area contributed by atoms with Crippen LogP contribution in [0, 0.1) is 17.7 Å². The molecule has 0 atom stereocenters. The maximum absolute atomic E-state index is 13.8. The Labute approximate surface area is 125 Å². The molecule has 5 nitrogen and oxygen atoms in total. The lowest BCUT2D eigenvalue weighted by atomic mass is 10.2. The number of nitrogens with one attached hydrogen (secondary N) is 1. The van der Waals surface area contributed by atoms with E-state index in [1.165, 1.54) is 12.1 Å². The van der Waals surface area contributed by atoms with Crippen molar-refractivity contribution < 1.29 is 12.8 Å². The Morgan fingerprint density at radius 3 is 2.67 bits per heavy atom. The van der Waals surface area contributed by atoms with E-state index in [9.17, 15) is 12.8 Å². The topological polar surface area (TPSA) is 75.4 Å². The lowest BCUT2D eigenvalue weighted by Gasteiger charge is -2.10. The minimum absolute atomic E-state index is 0.108. The van der Waals surface area contributed by atoms with Crippen molar-refractivity contribution in [3.63, 3.8) is 0 Å². The van der Waals surface area contributed by atoms with Gasteiger partial charge in [0.2, 0.25) is 10.0 Å². The monoisotopic (exact) mass is 313 g/mol. The number of nitrogens with zero attached hydrogens (tertiary/aromatic N) is 1. The first kappa shape index (κ1) is 17.6. The summed E-state index contributed by atoms with van der Waals surface area (Å²) < 4.78 is 40.2. The molecule has 116 valence electrons. The molecule has 7 heteroatoms. The van der Waals surface area contributed by atoms with Gasteiger partial charge in [0.1, 0.15) is 5.82 Å². The molecule has 1 aromatic carbocycles. The fourth-order valence-electron chi connectivity index (χ4n) is 1.60. The predicted octanol–water partition coefficient (Wildman–Crippen LogP) is 0.366. The SMILES string of the molecule is CN(C)CCCNS(=O)(=O)c1ccc(C#CCN)c(F)c1. The number of benzene rings is 1. The third kappa shape index (κ3) is 5.81. The molecule has 21 heavy (non-hydrogen) atoms. The van der Waals surface area contributed by atoms with Crippen molar-refractivity contribution in [3.8, 4) is 11.8 Å². The second-order valence-electron chi connectivity index (χ2n) is 4.70. The summed E-state index contributed by atoms with van der Waals surface area (Å²) in [6, 6.07) is 3.64. The molecule has 0 amide bonds. The minimum Gasteiger partial charge on any atom is -0.320 e. The number of halogens is 1. The van der Waals surface area contributed by atoms with Crippen molar-refractivity contribution in [2.24, 2.45) is 5.73 Å². The number of nitrogens with two attached hydrogens (primary N) is 1. The van der Waals surface area contributed by atoms with Crippen LogP contribution in [0.2, 0.25) is 0 Å². The molecule has 0 aromatic heterocycles. The molecule has 1 aromatic rings. The van der Waals surface area contributed by atoms with Crippen molar-refractivity contribution in [2.75, 3.05) is 33.7 Å². The Morgan fingerprint density at radius 1 is 1.38 bits per heavy atom. The van der Waals surface area contributed by atoms with E-state index in [0.29, 0.717) is 13.0 Å². The molecule has 0 fully saturated rings. The van der Waals surface area contributed by atoms with Crippen molar-refractivity contribution >= 4 is 10.0 Å². The number of hydrogen-bond acceptors (Lipinski definition) is 4. The fourth-order valence-corrected chi connectivity index (χ4v) is 2.68. The fraction of sp³-hybridized carbons (Fsp3) is 0.429. The Bertz CT molecular complexity index is 633. The van der Waals surface area contributed by atoms with E-state index < -0.39 is 15.8 Å². The molecule has 0 unspecified atom stereocenters. The van der Waals surface area contributed by atoms with Crippen LogP contribution in [0.15, 0.2) is 23.1 Å². The van der Waals surface area contributed by atoms with Crippen LogP contribution in [0.5, 0.6) is 0 Å². The van der Waals surface area contributed by atoms with E-state index in [1.807, 2.05) is 19.0 Å². The molecule has 0 aliphatic heterocycles. The van der Waals surface area contributed by atoms with Gasteiger partial charge in [0.25, 0.3) is 0 Å². The molecule has 1 rings (SSSR count). The van der Waals surface area contributed by atoms with E-state index in [1.54, 1.807) is 0 Å². The average Bonchev–Trinajstić information content (AvgIpc) is 2.42. The molecule has 3 N–H and O–H groups in total. The summed E-state index contributed by atoms with van der Waals surface area (Å²) in [7, 11) is 0.116. The molecular weight excluding hydrogens is 293 g/mol. The maximum Gasteiger partial charge on any atom is 0.240 e. The van der Waals surface area contributed by atoms with Crippen molar-refractivity contribution in [2.45, 2.75) is 11.3 Å². The van der Waals surface area contributed by atoms with Gasteiger partial charge in [0.05, 0.1) is 17.0 Å². The predicted molar refractivity (Wildman–Crippen MR) is 80.7 cm³/mol. The van der Waals surface area contributed by atoms with E-state index in [4.69, 9.17) is 5.73 Å². The van der Waals surface area contributed by atoms with E-state index in [0.717, 1.165) is 12.6 Å². The van der Waals surface area contributed by atoms with Crippen molar-refractivity contribution in [1.29, 1.82) is 0 Å². The zero-order valence-corrected chi connectivity index (χ0v) is 13.0. The summed E-state index contributed by atoms with van der Waals surface area (Å²) >= 11 is 0. The lowest BCUT2D eigenvalue weighted by Crippen LogP contribution is -2.27. The second-order valence-corrected chi connectivity index (χ2v) is 6.47. The minimum atomic E-state index is -3.70. The van der Waals surface area contributed by atoms with Gasteiger partial charge in [-0.05, 0) is 45.3 Å². The summed E-state index contributed by atoms with van der Waals surface area (Å²) in [5.74, 6) is 4.40. The number of hydrogen-bond donors (Lipinski definition) is 2. The highest BCUT2D eigenvalue weighted by Crippen LogP contribution is 2.14. The number of rotatable bonds is 6. The van der Waals surface area contributed by atoms with Gasteiger partial charge in [-0.2, -0.15) is 0 Å². The van der Waals surface area contributed by atoms with Crippen LogP contribution in [-0.2, 0) is 10.0 Å². The summed E-state index contributed by atoms with van der Waals surface area (Å²) in [5, 5.41) is 0. The Morgan fingerprint density at radius 2 is 2.10 bits per heavy atom. The van der Waals surface area contributed by atoms with Gasteiger partial charge in [0, 0.05) is 6.54 Å². The first-order valence-electron chi connectivity index (χ1n) is 6.49. The summed E-state index contributed by atoms with van der Waals surface area (Å²) in [5.41, 5.74) is 5.34. The van der Waals surface area contributed by atoms with Crippen LogP contribution >= 0.6 is 0 Å². The third-order valence-electron chi connectivity index (χ3n) is 2.65. The van der Waals surface area contributed by atoms with Crippen LogP contribution in [0.3, 0.4) is 0 Å². The standard InChI is InChI=1S/C14H20FN3O2S/c1-18(2)10-4-9-17-21(19,20)13-7-6-12(5-3-8-16)14(15)11-13/h6-7,11,17H,4,8-10,16H2,1-2H3. The normalized spacial score (nSPS) is 11.3. The molecule has 0 radical (unpaired) electrons. The van der Waals surface area contributed by atoms with Crippen LogP contribution in [0.4, 0.5) is 4.39 Å². The Balaban J connectivity index is 2.77. The molecule has 0 aliphatic rings. The van der Waals surface area contributed by atoms with Gasteiger partial charge >= 0.3 is 0 Å². The van der Waals surface area contributed by atoms with Gasteiger partial charge in [-0.3, -0.25) is 0 Å². The van der Waals surface area contributed by atoms with E-state index in [2.05, 4.69) is 16.6 Å². The summed E-state index contributed by atoms with van der Waals surface area (Å²) in [6.07, 6.45) is 0.675. The zero-order valence-electron chi connectivity index (χ0n) is 12.2. The summed E-state index contributed by atoms with van der Waals surface area (Å²) in [6.45, 7) is 1.19. The molecular formula is C14H20FN3O2S. The van der Waals surface area contributed by atoms with Crippen LogP contribution in [0.25, 0.3) is 0 Å². The molecule has 0 aliphatic carbocycles. The second kappa shape index (κ2) is 8.10. The molecule has 0 saturated carbocycles. The van der Waals surface area contributed by atoms with Crippen molar-refractivity contribution in [3.05, 3.63) is 29.6 Å². The van der Waals surface area contributed by atoms with Gasteiger partial charge < -0.3 is 10.6 Å². The van der Waals surface area contributed by atoms with Crippen LogP contribution in [-0.4, -0.2) is 47.0 Å². The third-order valence-corrected chi connectivity index (χ3v) is 4.11. The molecule has 0 spiro atoms. The van der Waals surface area contributed by atoms with Crippen LogP contribution in [0.1, 0.15) is 12.0 Å². The van der Waals surface area contributed by atoms with Crippen molar-refractivity contribution in [1.82, 2.24) is 9.62 Å². The Hall–Kier alpha value is -1.46. The smallest absolute Gasteiger partial charge is 0.240 e. The molecule has 0 heterocycles. The first-order valence-corrected chi connectivity index (χ1v) is 7.98. The zero-order chi connectivity index (χ0) is 15.9. The highest BCUT2D eigenvalue weighted by molar-refractivity contribution is 7.89. The lowest BCUT2D eigenvalue weighted by molar-refractivity contribution is 0.400. The van der Waals surface area contributed by atoms with Gasteiger partial charge in [0.15, 0.2) is 0 Å². The van der Waals surface area contributed by atoms with Gasteiger partial charge in [-0.25, -0.2) is 17.5 Å². The number of sulfonamides is 1. The Kier molecular flexibility index (Phi) is 6.78. The van der Waals surface area contributed by atoms with Crippen LogP contribution < -0.4 is 10.5 Å². The first-order chi connectivity index (χ1) is 9.86. The summed E-state index contributed by atoms with van der Waals surface area (Å²) in [4.78, 5) is 1.85. The van der Waals surface area contributed by atoms with E-state index >= 15 is 0 Å². The van der Waals surface area contributed by atoms with E-state index in [-0.39, 0.29) is 17.0 Å². The molecule has 0 bridgehead atoms. The highest BCUT2D eigenvalue weighted by atomic mass is 32.2. The quantitative estimate of drug-likeness (QED) is 0.587. The largest absolute Gasteiger partial charge is 0.320 e. The maximum atomic E-state index is 13.8.